The minimum Gasteiger partial charge on any atom is -0.497 e. The van der Waals surface area contributed by atoms with Gasteiger partial charge in [0.2, 0.25) is 15.9 Å². The number of carbonyl (C=O) groups excluding carboxylic acids is 1. The molecule has 1 N–H and O–H groups in total. The first-order chi connectivity index (χ1) is 10.4. The predicted octanol–water partition coefficient (Wildman–Crippen LogP) is 0.778. The first-order valence-electron chi connectivity index (χ1n) is 7.26. The van der Waals surface area contributed by atoms with E-state index >= 15 is 0 Å². The van der Waals surface area contributed by atoms with Gasteiger partial charge >= 0.3 is 0 Å². The molecule has 7 heteroatoms. The van der Waals surface area contributed by atoms with Crippen LogP contribution in [-0.4, -0.2) is 51.1 Å². The average molecular weight is 326 g/mol. The Labute approximate surface area is 131 Å². The minimum atomic E-state index is -3.20. The lowest BCUT2D eigenvalue weighted by atomic mass is 10.1. The largest absolute Gasteiger partial charge is 0.497 e. The minimum absolute atomic E-state index is 0.117. The molecule has 1 aliphatic rings. The highest BCUT2D eigenvalue weighted by Gasteiger charge is 2.31. The van der Waals surface area contributed by atoms with Crippen molar-refractivity contribution in [1.82, 2.24) is 9.62 Å². The molecule has 0 saturated carbocycles. The topological polar surface area (TPSA) is 75.7 Å². The Kier molecular flexibility index (Phi) is 5.42. The molecule has 1 aromatic carbocycles. The summed E-state index contributed by atoms with van der Waals surface area (Å²) in [7, 11) is -1.62. The van der Waals surface area contributed by atoms with E-state index in [9.17, 15) is 13.2 Å². The third kappa shape index (κ3) is 4.45. The van der Waals surface area contributed by atoms with Gasteiger partial charge in [0.15, 0.2) is 0 Å². The number of ether oxygens (including phenoxy) is 1. The number of hydrogen-bond donors (Lipinski definition) is 1. The van der Waals surface area contributed by atoms with Gasteiger partial charge in [-0.25, -0.2) is 8.42 Å². The summed E-state index contributed by atoms with van der Waals surface area (Å²) >= 11 is 0. The van der Waals surface area contributed by atoms with Crippen LogP contribution in [0.3, 0.4) is 0 Å². The molecule has 0 radical (unpaired) electrons. The first-order valence-corrected chi connectivity index (χ1v) is 9.11. The molecule has 22 heavy (non-hydrogen) atoms. The fourth-order valence-corrected chi connectivity index (χ4v) is 3.89. The highest BCUT2D eigenvalue weighted by Crippen LogP contribution is 2.19. The normalized spacial score (nSPS) is 19.1. The van der Waals surface area contributed by atoms with Crippen molar-refractivity contribution in [3.05, 3.63) is 29.8 Å². The molecule has 0 aromatic heterocycles. The number of rotatable bonds is 6. The van der Waals surface area contributed by atoms with Crippen molar-refractivity contribution in [3.8, 4) is 5.75 Å². The second kappa shape index (κ2) is 7.11. The van der Waals surface area contributed by atoms with Crippen LogP contribution in [0.5, 0.6) is 5.75 Å². The summed E-state index contributed by atoms with van der Waals surface area (Å²) < 4.78 is 29.9. The maximum Gasteiger partial charge on any atom is 0.224 e. The molecule has 1 heterocycles. The lowest BCUT2D eigenvalue weighted by Crippen LogP contribution is -2.43. The Morgan fingerprint density at radius 3 is 2.91 bits per heavy atom. The van der Waals surface area contributed by atoms with Crippen molar-refractivity contribution < 1.29 is 17.9 Å². The molecule has 0 bridgehead atoms. The number of hydrogen-bond acceptors (Lipinski definition) is 4. The molecule has 0 aliphatic carbocycles. The number of benzene rings is 1. The molecule has 1 fully saturated rings. The van der Waals surface area contributed by atoms with Gasteiger partial charge in [0, 0.05) is 19.1 Å². The maximum absolute atomic E-state index is 12.0. The summed E-state index contributed by atoms with van der Waals surface area (Å²) in [6, 6.07) is 7.20. The van der Waals surface area contributed by atoms with Crippen molar-refractivity contribution in [1.29, 1.82) is 0 Å². The van der Waals surface area contributed by atoms with E-state index in [1.54, 1.807) is 7.11 Å². The summed E-state index contributed by atoms with van der Waals surface area (Å²) in [5, 5.41) is 2.83. The first kappa shape index (κ1) is 16.8. The van der Waals surface area contributed by atoms with Gasteiger partial charge < -0.3 is 10.1 Å². The van der Waals surface area contributed by atoms with E-state index in [4.69, 9.17) is 4.74 Å². The van der Waals surface area contributed by atoms with Crippen molar-refractivity contribution >= 4 is 15.9 Å². The highest BCUT2D eigenvalue weighted by atomic mass is 32.2. The van der Waals surface area contributed by atoms with Crippen LogP contribution < -0.4 is 10.1 Å². The zero-order chi connectivity index (χ0) is 16.2. The molecule has 2 rings (SSSR count). The smallest absolute Gasteiger partial charge is 0.224 e. The van der Waals surface area contributed by atoms with Crippen LogP contribution in [-0.2, 0) is 21.2 Å². The van der Waals surface area contributed by atoms with Gasteiger partial charge in [-0.2, -0.15) is 4.31 Å². The highest BCUT2D eigenvalue weighted by molar-refractivity contribution is 7.88. The van der Waals surface area contributed by atoms with Crippen LogP contribution >= 0.6 is 0 Å². The number of nitrogens with zero attached hydrogens (tertiary/aromatic N) is 1. The van der Waals surface area contributed by atoms with Crippen LogP contribution in [0.1, 0.15) is 18.4 Å². The molecule has 1 unspecified atom stereocenters. The summed E-state index contributed by atoms with van der Waals surface area (Å²) in [5.74, 6) is 0.595. The molecule has 6 nitrogen and oxygen atoms in total. The monoisotopic (exact) mass is 326 g/mol. The molecule has 0 spiro atoms. The third-order valence-corrected chi connectivity index (χ3v) is 5.12. The van der Waals surface area contributed by atoms with E-state index in [1.807, 2.05) is 24.3 Å². The van der Waals surface area contributed by atoms with Gasteiger partial charge in [0.25, 0.3) is 0 Å². The van der Waals surface area contributed by atoms with Gasteiger partial charge in [-0.15, -0.1) is 0 Å². The lowest BCUT2D eigenvalue weighted by Gasteiger charge is -2.22. The van der Waals surface area contributed by atoms with Crippen LogP contribution in [0.15, 0.2) is 24.3 Å². The Morgan fingerprint density at radius 2 is 2.23 bits per heavy atom. The van der Waals surface area contributed by atoms with E-state index in [2.05, 4.69) is 5.32 Å². The Bertz CT molecular complexity index is 630. The number of sulfonamides is 1. The van der Waals surface area contributed by atoms with Crippen molar-refractivity contribution in [3.63, 3.8) is 0 Å². The van der Waals surface area contributed by atoms with Crippen LogP contribution in [0.2, 0.25) is 0 Å². The fourth-order valence-electron chi connectivity index (χ4n) is 2.71. The average Bonchev–Trinajstić information content (AvgIpc) is 2.94. The standard InChI is InChI=1S/C15H22N2O4S/c1-21-14-7-3-5-12(9-14)10-15(18)16-11-13-6-4-8-17(13)22(2,19)20/h3,5,7,9,13H,4,6,8,10-11H2,1-2H3,(H,16,18). The molecule has 1 amide bonds. The molecule has 1 saturated heterocycles. The number of amides is 1. The zero-order valence-electron chi connectivity index (χ0n) is 12.9. The lowest BCUT2D eigenvalue weighted by molar-refractivity contribution is -0.120. The quantitative estimate of drug-likeness (QED) is 0.838. The van der Waals surface area contributed by atoms with E-state index in [0.717, 1.165) is 18.4 Å². The molecular formula is C15H22N2O4S. The van der Waals surface area contributed by atoms with Gasteiger partial charge in [-0.3, -0.25) is 4.79 Å². The van der Waals surface area contributed by atoms with Crippen molar-refractivity contribution in [2.75, 3.05) is 26.5 Å². The van der Waals surface area contributed by atoms with Crippen molar-refractivity contribution in [2.45, 2.75) is 25.3 Å². The second-order valence-electron chi connectivity index (χ2n) is 5.50. The molecule has 1 atom stereocenters. The van der Waals surface area contributed by atoms with Crippen LogP contribution in [0, 0.1) is 0 Å². The number of carbonyl (C=O) groups is 1. The number of nitrogens with one attached hydrogen (secondary N) is 1. The van der Waals surface area contributed by atoms with Crippen molar-refractivity contribution in [2.24, 2.45) is 0 Å². The molecule has 1 aromatic rings. The van der Waals surface area contributed by atoms with Gasteiger partial charge in [0.05, 0.1) is 19.8 Å². The summed E-state index contributed by atoms with van der Waals surface area (Å²) in [5.41, 5.74) is 0.864. The third-order valence-electron chi connectivity index (χ3n) is 3.78. The van der Waals surface area contributed by atoms with Crippen LogP contribution in [0.25, 0.3) is 0 Å². The number of methoxy groups -OCH3 is 1. The van der Waals surface area contributed by atoms with Crippen LogP contribution in [0.4, 0.5) is 0 Å². The second-order valence-corrected chi connectivity index (χ2v) is 7.44. The van der Waals surface area contributed by atoms with E-state index in [1.165, 1.54) is 10.6 Å². The summed E-state index contributed by atoms with van der Waals surface area (Å²) in [6.07, 6.45) is 3.09. The molecule has 1 aliphatic heterocycles. The van der Waals surface area contributed by atoms with E-state index in [-0.39, 0.29) is 18.4 Å². The summed E-state index contributed by atoms with van der Waals surface area (Å²) in [6.45, 7) is 0.894. The maximum atomic E-state index is 12.0. The zero-order valence-corrected chi connectivity index (χ0v) is 13.7. The van der Waals surface area contributed by atoms with Gasteiger partial charge in [-0.05, 0) is 30.5 Å². The molecule has 122 valence electrons. The molecular weight excluding hydrogens is 304 g/mol. The summed E-state index contributed by atoms with van der Waals surface area (Å²) in [4.78, 5) is 12.0. The Balaban J connectivity index is 1.87. The Morgan fingerprint density at radius 1 is 1.45 bits per heavy atom. The SMILES string of the molecule is COc1cccc(CC(=O)NCC2CCCN2S(C)(=O)=O)c1. The van der Waals surface area contributed by atoms with Gasteiger partial charge in [0.1, 0.15) is 5.75 Å². The van der Waals surface area contributed by atoms with E-state index < -0.39 is 10.0 Å². The predicted molar refractivity (Wildman–Crippen MR) is 84.3 cm³/mol. The van der Waals surface area contributed by atoms with E-state index in [0.29, 0.717) is 18.8 Å². The van der Waals surface area contributed by atoms with Gasteiger partial charge in [-0.1, -0.05) is 12.1 Å². The Hall–Kier alpha value is -1.60. The fraction of sp³-hybridized carbons (Fsp3) is 0.533.